The Morgan fingerprint density at radius 3 is 2.32 bits per heavy atom. The predicted molar refractivity (Wildman–Crippen MR) is 105 cm³/mol. The van der Waals surface area contributed by atoms with Crippen molar-refractivity contribution < 1.29 is 8.42 Å². The molecule has 0 aliphatic rings. The number of hydrogen-bond acceptors (Lipinski definition) is 4. The summed E-state index contributed by atoms with van der Waals surface area (Å²) in [7, 11) is 0.758. The van der Waals surface area contributed by atoms with Crippen LogP contribution in [0, 0.1) is 0 Å². The van der Waals surface area contributed by atoms with Crippen molar-refractivity contribution in [3.63, 3.8) is 0 Å². The fourth-order valence-corrected chi connectivity index (χ4v) is 2.96. The molecule has 7 heteroatoms. The first-order valence-corrected chi connectivity index (χ1v) is 10.6. The third kappa shape index (κ3) is 7.88. The number of hydrogen-bond donors (Lipinski definition) is 2. The lowest BCUT2D eigenvalue weighted by atomic mass is 10.1. The highest BCUT2D eigenvalue weighted by molar-refractivity contribution is 7.90. The molecule has 1 atom stereocenters. The summed E-state index contributed by atoms with van der Waals surface area (Å²) in [6, 6.07) is 7.60. The molecule has 0 spiro atoms. The Labute approximate surface area is 152 Å². The summed E-state index contributed by atoms with van der Waals surface area (Å²) in [6.07, 6.45) is 3.16. The number of likely N-dealkylation sites (N-methyl/N-ethyl adjacent to an activating group) is 1. The zero-order valence-corrected chi connectivity index (χ0v) is 16.9. The molecular formula is C18H32N4O2S. The molecule has 0 heterocycles. The number of guanidine groups is 1. The number of sulfone groups is 1. The molecule has 0 saturated heterocycles. The van der Waals surface area contributed by atoms with Crippen molar-refractivity contribution in [2.75, 3.05) is 40.0 Å². The maximum atomic E-state index is 11.5. The van der Waals surface area contributed by atoms with E-state index in [0.717, 1.165) is 44.0 Å². The van der Waals surface area contributed by atoms with E-state index in [1.165, 1.54) is 6.26 Å². The largest absolute Gasteiger partial charge is 0.356 e. The predicted octanol–water partition coefficient (Wildman–Crippen LogP) is 1.53. The Morgan fingerprint density at radius 2 is 1.80 bits per heavy atom. The van der Waals surface area contributed by atoms with Crippen LogP contribution in [0.25, 0.3) is 0 Å². The SMILES string of the molecule is CCC(C)N(C)CCNC(=NC)NCCc1ccc(S(C)(=O)=O)cc1. The maximum absolute atomic E-state index is 11.5. The van der Waals surface area contributed by atoms with Gasteiger partial charge in [0.05, 0.1) is 4.90 Å². The minimum absolute atomic E-state index is 0.354. The normalized spacial score (nSPS) is 13.8. The Bertz CT molecular complexity index is 642. The van der Waals surface area contributed by atoms with Crippen LogP contribution in [0.2, 0.25) is 0 Å². The number of nitrogens with one attached hydrogen (secondary N) is 2. The molecule has 0 bridgehead atoms. The van der Waals surface area contributed by atoms with Crippen molar-refractivity contribution in [3.8, 4) is 0 Å². The molecule has 0 amide bonds. The quantitative estimate of drug-likeness (QED) is 0.511. The van der Waals surface area contributed by atoms with E-state index in [9.17, 15) is 8.42 Å². The van der Waals surface area contributed by atoms with E-state index < -0.39 is 9.84 Å². The maximum Gasteiger partial charge on any atom is 0.191 e. The molecular weight excluding hydrogens is 336 g/mol. The number of rotatable bonds is 9. The molecule has 142 valence electrons. The van der Waals surface area contributed by atoms with E-state index in [0.29, 0.717) is 10.9 Å². The van der Waals surface area contributed by atoms with Gasteiger partial charge in [-0.2, -0.15) is 0 Å². The Hall–Kier alpha value is -1.60. The van der Waals surface area contributed by atoms with Gasteiger partial charge in [0.15, 0.2) is 15.8 Å². The highest BCUT2D eigenvalue weighted by atomic mass is 32.2. The molecule has 0 saturated carbocycles. The third-order valence-corrected chi connectivity index (χ3v) is 5.51. The van der Waals surface area contributed by atoms with Crippen molar-refractivity contribution >= 4 is 15.8 Å². The number of benzene rings is 1. The minimum Gasteiger partial charge on any atom is -0.356 e. The van der Waals surface area contributed by atoms with Gasteiger partial charge in [0, 0.05) is 39.0 Å². The van der Waals surface area contributed by atoms with Gasteiger partial charge < -0.3 is 15.5 Å². The Balaban J connectivity index is 2.36. The molecule has 1 aromatic carbocycles. The molecule has 0 aliphatic carbocycles. The molecule has 0 radical (unpaired) electrons. The van der Waals surface area contributed by atoms with Crippen molar-refractivity contribution in [2.45, 2.75) is 37.6 Å². The zero-order chi connectivity index (χ0) is 18.9. The van der Waals surface area contributed by atoms with Gasteiger partial charge in [-0.25, -0.2) is 8.42 Å². The van der Waals surface area contributed by atoms with Crippen molar-refractivity contribution in [1.29, 1.82) is 0 Å². The fraction of sp³-hybridized carbons (Fsp3) is 0.611. The van der Waals surface area contributed by atoms with Crippen molar-refractivity contribution in [2.24, 2.45) is 4.99 Å². The molecule has 1 unspecified atom stereocenters. The average molecular weight is 369 g/mol. The van der Waals surface area contributed by atoms with Gasteiger partial charge in [-0.05, 0) is 44.5 Å². The van der Waals surface area contributed by atoms with Crippen molar-refractivity contribution in [1.82, 2.24) is 15.5 Å². The van der Waals surface area contributed by atoms with E-state index >= 15 is 0 Å². The summed E-state index contributed by atoms with van der Waals surface area (Å²) < 4.78 is 22.9. The average Bonchev–Trinajstić information content (AvgIpc) is 2.59. The molecule has 0 fully saturated rings. The van der Waals surface area contributed by atoms with Crippen LogP contribution in [0.4, 0.5) is 0 Å². The van der Waals surface area contributed by atoms with Gasteiger partial charge in [-0.3, -0.25) is 4.99 Å². The zero-order valence-electron chi connectivity index (χ0n) is 16.0. The first kappa shape index (κ1) is 21.4. The van der Waals surface area contributed by atoms with Crippen LogP contribution in [0.5, 0.6) is 0 Å². The van der Waals surface area contributed by atoms with Crippen LogP contribution < -0.4 is 10.6 Å². The van der Waals surface area contributed by atoms with Gasteiger partial charge in [0.2, 0.25) is 0 Å². The first-order chi connectivity index (χ1) is 11.8. The van der Waals surface area contributed by atoms with Crippen LogP contribution in [0.1, 0.15) is 25.8 Å². The highest BCUT2D eigenvalue weighted by Crippen LogP contribution is 2.10. The standard InChI is InChI=1S/C18H32N4O2S/c1-6-15(2)22(4)14-13-21-18(19-3)20-12-11-16-7-9-17(10-8-16)25(5,23)24/h7-10,15H,6,11-14H2,1-5H3,(H2,19,20,21). The molecule has 1 rings (SSSR count). The van der Waals surface area contributed by atoms with Crippen LogP contribution in [-0.4, -0.2) is 65.3 Å². The van der Waals surface area contributed by atoms with E-state index in [1.54, 1.807) is 19.2 Å². The molecule has 2 N–H and O–H groups in total. The molecule has 0 aromatic heterocycles. The lowest BCUT2D eigenvalue weighted by Crippen LogP contribution is -2.42. The lowest BCUT2D eigenvalue weighted by Gasteiger charge is -2.24. The van der Waals surface area contributed by atoms with E-state index in [2.05, 4.69) is 41.4 Å². The lowest BCUT2D eigenvalue weighted by molar-refractivity contribution is 0.255. The number of aliphatic imine (C=N–C) groups is 1. The summed E-state index contributed by atoms with van der Waals surface area (Å²) in [5, 5.41) is 6.59. The van der Waals surface area contributed by atoms with Gasteiger partial charge >= 0.3 is 0 Å². The van der Waals surface area contributed by atoms with Gasteiger partial charge in [0.25, 0.3) is 0 Å². The van der Waals surface area contributed by atoms with E-state index in [4.69, 9.17) is 0 Å². The monoisotopic (exact) mass is 368 g/mol. The van der Waals surface area contributed by atoms with Crippen LogP contribution in [0.3, 0.4) is 0 Å². The van der Waals surface area contributed by atoms with Crippen LogP contribution in [-0.2, 0) is 16.3 Å². The second kappa shape index (κ2) is 10.4. The Morgan fingerprint density at radius 1 is 1.20 bits per heavy atom. The topological polar surface area (TPSA) is 73.8 Å². The molecule has 0 aliphatic heterocycles. The van der Waals surface area contributed by atoms with E-state index in [1.807, 2.05) is 12.1 Å². The fourth-order valence-electron chi connectivity index (χ4n) is 2.33. The smallest absolute Gasteiger partial charge is 0.191 e. The molecule has 25 heavy (non-hydrogen) atoms. The Kier molecular flexibility index (Phi) is 8.92. The second-order valence-electron chi connectivity index (χ2n) is 6.33. The summed E-state index contributed by atoms with van der Waals surface area (Å²) in [5.74, 6) is 0.783. The number of nitrogens with zero attached hydrogens (tertiary/aromatic N) is 2. The molecule has 1 aromatic rings. The minimum atomic E-state index is -3.13. The van der Waals surface area contributed by atoms with Crippen LogP contribution >= 0.6 is 0 Å². The van der Waals surface area contributed by atoms with Gasteiger partial charge in [0.1, 0.15) is 0 Å². The summed E-state index contributed by atoms with van der Waals surface area (Å²) in [5.41, 5.74) is 1.09. The van der Waals surface area contributed by atoms with Gasteiger partial charge in [-0.1, -0.05) is 19.1 Å². The van der Waals surface area contributed by atoms with Gasteiger partial charge in [-0.15, -0.1) is 0 Å². The highest BCUT2D eigenvalue weighted by Gasteiger charge is 2.07. The molecule has 6 nitrogen and oxygen atoms in total. The van der Waals surface area contributed by atoms with E-state index in [-0.39, 0.29) is 0 Å². The third-order valence-electron chi connectivity index (χ3n) is 4.38. The summed E-state index contributed by atoms with van der Waals surface area (Å²) in [4.78, 5) is 6.90. The second-order valence-corrected chi connectivity index (χ2v) is 8.35. The van der Waals surface area contributed by atoms with Crippen LogP contribution in [0.15, 0.2) is 34.2 Å². The first-order valence-electron chi connectivity index (χ1n) is 8.71. The summed E-state index contributed by atoms with van der Waals surface area (Å²) in [6.45, 7) is 6.95. The summed E-state index contributed by atoms with van der Waals surface area (Å²) >= 11 is 0. The van der Waals surface area contributed by atoms with Crippen molar-refractivity contribution in [3.05, 3.63) is 29.8 Å².